The average molecular weight is 289 g/mol. The number of urea groups is 1. The van der Waals surface area contributed by atoms with Gasteiger partial charge in [0.15, 0.2) is 0 Å². The molecule has 1 rings (SSSR count). The largest absolute Gasteiger partial charge is 0.480 e. The second kappa shape index (κ2) is 6.65. The molecule has 1 aliphatic heterocycles. The summed E-state index contributed by atoms with van der Waals surface area (Å²) in [6.45, 7) is 3.47. The van der Waals surface area contributed by atoms with E-state index in [4.69, 9.17) is 10.8 Å². The molecule has 0 aromatic heterocycles. The van der Waals surface area contributed by atoms with Crippen LogP contribution in [0.5, 0.6) is 0 Å². The number of carboxylic acid groups (broad SMARTS) is 1. The lowest BCUT2D eigenvalue weighted by molar-refractivity contribution is -0.149. The summed E-state index contributed by atoms with van der Waals surface area (Å²) < 4.78 is 0. The van der Waals surface area contributed by atoms with Gasteiger partial charge in [-0.1, -0.05) is 13.3 Å². The van der Waals surface area contributed by atoms with E-state index >= 15 is 0 Å². The predicted octanol–water partition coefficient (Wildman–Crippen LogP) is 0.198. The summed E-state index contributed by atoms with van der Waals surface area (Å²) in [6, 6.07) is -2.46. The first-order valence-corrected chi connectivity index (χ1v) is 7.15. The third-order valence-corrected chi connectivity index (χ3v) is 4.25. The molecule has 0 aromatic rings. The van der Waals surface area contributed by atoms with E-state index in [0.717, 1.165) is 12.8 Å². The fourth-order valence-electron chi connectivity index (χ4n) is 2.02. The van der Waals surface area contributed by atoms with E-state index in [9.17, 15) is 14.4 Å². The van der Waals surface area contributed by atoms with E-state index in [1.165, 1.54) is 23.6 Å². The minimum atomic E-state index is -1.02. The number of carbonyl (C=O) groups is 3. The minimum absolute atomic E-state index is 0.157. The molecule has 7 nitrogen and oxygen atoms in total. The summed E-state index contributed by atoms with van der Waals surface area (Å²) in [5.74, 6) is -1.06. The van der Waals surface area contributed by atoms with Gasteiger partial charge in [0.05, 0.1) is 5.37 Å². The lowest BCUT2D eigenvalue weighted by Crippen LogP contribution is -2.54. The first-order chi connectivity index (χ1) is 8.88. The predicted molar refractivity (Wildman–Crippen MR) is 71.6 cm³/mol. The first kappa shape index (κ1) is 15.6. The van der Waals surface area contributed by atoms with Crippen LogP contribution in [-0.4, -0.2) is 51.1 Å². The fraction of sp³-hybridized carbons (Fsp3) is 0.727. The zero-order chi connectivity index (χ0) is 14.6. The maximum Gasteiger partial charge on any atom is 0.327 e. The topological polar surface area (TPSA) is 113 Å². The standard InChI is InChI=1S/C11H19N3O4S/c1-3-4-8-14(7(5-19-8)10(16)17)9(15)6(2)13-11(12)18/h6-8H,3-5H2,1-2H3,(H,16,17)(H3,12,13,18). The van der Waals surface area contributed by atoms with Gasteiger partial charge in [-0.3, -0.25) is 4.79 Å². The van der Waals surface area contributed by atoms with Gasteiger partial charge in [0.2, 0.25) is 5.91 Å². The number of carbonyl (C=O) groups excluding carboxylic acids is 2. The number of nitrogens with one attached hydrogen (secondary N) is 1. The van der Waals surface area contributed by atoms with Crippen LogP contribution in [0.4, 0.5) is 4.79 Å². The van der Waals surface area contributed by atoms with Gasteiger partial charge in [0.25, 0.3) is 0 Å². The molecule has 0 spiro atoms. The molecule has 0 saturated carbocycles. The molecular formula is C11H19N3O4S. The smallest absolute Gasteiger partial charge is 0.327 e. The van der Waals surface area contributed by atoms with Crippen molar-refractivity contribution in [3.63, 3.8) is 0 Å². The summed E-state index contributed by atoms with van der Waals surface area (Å²) >= 11 is 1.46. The van der Waals surface area contributed by atoms with Crippen molar-refractivity contribution in [2.45, 2.75) is 44.1 Å². The Labute approximate surface area is 115 Å². The summed E-state index contributed by atoms with van der Waals surface area (Å²) in [5.41, 5.74) is 4.98. The number of rotatable bonds is 5. The Morgan fingerprint density at radius 2 is 2.16 bits per heavy atom. The molecule has 0 aromatic carbocycles. The maximum atomic E-state index is 12.3. The first-order valence-electron chi connectivity index (χ1n) is 6.11. The van der Waals surface area contributed by atoms with Crippen LogP contribution >= 0.6 is 11.8 Å². The van der Waals surface area contributed by atoms with Crippen molar-refractivity contribution >= 4 is 29.7 Å². The maximum absolute atomic E-state index is 12.3. The molecule has 3 unspecified atom stereocenters. The number of nitrogens with two attached hydrogens (primary N) is 1. The van der Waals surface area contributed by atoms with Crippen molar-refractivity contribution in [1.82, 2.24) is 10.2 Å². The number of primary amides is 1. The van der Waals surface area contributed by atoms with Gasteiger partial charge in [0, 0.05) is 5.75 Å². The summed E-state index contributed by atoms with van der Waals surface area (Å²) in [5, 5.41) is 11.3. The zero-order valence-electron chi connectivity index (χ0n) is 11.0. The highest BCUT2D eigenvalue weighted by molar-refractivity contribution is 8.00. The number of carboxylic acids is 1. The van der Waals surface area contributed by atoms with Crippen LogP contribution in [0.25, 0.3) is 0 Å². The van der Waals surface area contributed by atoms with Crippen molar-refractivity contribution in [1.29, 1.82) is 0 Å². The molecule has 0 bridgehead atoms. The van der Waals surface area contributed by atoms with E-state index < -0.39 is 30.0 Å². The van der Waals surface area contributed by atoms with E-state index in [2.05, 4.69) is 5.32 Å². The summed E-state index contributed by atoms with van der Waals surface area (Å²) in [7, 11) is 0. The SMILES string of the molecule is CCCC1SCC(C(=O)O)N1C(=O)C(C)NC(N)=O. The van der Waals surface area contributed by atoms with Crippen LogP contribution in [-0.2, 0) is 9.59 Å². The van der Waals surface area contributed by atoms with Gasteiger partial charge in [-0.25, -0.2) is 9.59 Å². The highest BCUT2D eigenvalue weighted by Gasteiger charge is 2.42. The molecule has 1 fully saturated rings. The Morgan fingerprint density at radius 3 is 2.63 bits per heavy atom. The molecule has 108 valence electrons. The Bertz CT molecular complexity index is 377. The highest BCUT2D eigenvalue weighted by Crippen LogP contribution is 2.32. The zero-order valence-corrected chi connectivity index (χ0v) is 11.8. The molecule has 0 radical (unpaired) electrons. The number of nitrogens with zero attached hydrogens (tertiary/aromatic N) is 1. The van der Waals surface area contributed by atoms with Gasteiger partial charge in [-0.15, -0.1) is 11.8 Å². The van der Waals surface area contributed by atoms with Gasteiger partial charge in [-0.05, 0) is 13.3 Å². The molecule has 3 amide bonds. The minimum Gasteiger partial charge on any atom is -0.480 e. The lowest BCUT2D eigenvalue weighted by atomic mass is 10.2. The van der Waals surface area contributed by atoms with Crippen molar-refractivity contribution < 1.29 is 19.5 Å². The Hall–Kier alpha value is -1.44. The van der Waals surface area contributed by atoms with E-state index in [-0.39, 0.29) is 5.37 Å². The fourth-order valence-corrected chi connectivity index (χ4v) is 3.54. The average Bonchev–Trinajstić information content (AvgIpc) is 2.71. The van der Waals surface area contributed by atoms with Crippen LogP contribution in [0.2, 0.25) is 0 Å². The van der Waals surface area contributed by atoms with E-state index in [1.807, 2.05) is 6.92 Å². The molecule has 3 atom stereocenters. The van der Waals surface area contributed by atoms with Crippen LogP contribution in [0.15, 0.2) is 0 Å². The quantitative estimate of drug-likeness (QED) is 0.669. The number of aliphatic carboxylic acids is 1. The number of hydrogen-bond donors (Lipinski definition) is 3. The van der Waals surface area contributed by atoms with Crippen molar-refractivity contribution in [2.24, 2.45) is 5.73 Å². The van der Waals surface area contributed by atoms with Crippen LogP contribution in [0, 0.1) is 0 Å². The van der Waals surface area contributed by atoms with Gasteiger partial charge >= 0.3 is 12.0 Å². The Balaban J connectivity index is 2.85. The van der Waals surface area contributed by atoms with Crippen LogP contribution in [0.1, 0.15) is 26.7 Å². The Kier molecular flexibility index (Phi) is 5.46. The second-order valence-electron chi connectivity index (χ2n) is 4.41. The third-order valence-electron chi connectivity index (χ3n) is 2.90. The summed E-state index contributed by atoms with van der Waals surface area (Å²) in [4.78, 5) is 35.6. The van der Waals surface area contributed by atoms with Gasteiger partial charge in [-0.2, -0.15) is 0 Å². The Morgan fingerprint density at radius 1 is 1.53 bits per heavy atom. The number of thioether (sulfide) groups is 1. The normalized spacial score (nSPS) is 24.0. The molecule has 1 heterocycles. The van der Waals surface area contributed by atoms with Gasteiger partial charge in [0.1, 0.15) is 12.1 Å². The van der Waals surface area contributed by atoms with Crippen molar-refractivity contribution in [3.8, 4) is 0 Å². The number of hydrogen-bond acceptors (Lipinski definition) is 4. The monoisotopic (exact) mass is 289 g/mol. The van der Waals surface area contributed by atoms with Crippen LogP contribution in [0.3, 0.4) is 0 Å². The molecule has 0 aliphatic carbocycles. The van der Waals surface area contributed by atoms with E-state index in [1.54, 1.807) is 0 Å². The number of amides is 3. The van der Waals surface area contributed by atoms with Crippen LogP contribution < -0.4 is 11.1 Å². The molecule has 4 N–H and O–H groups in total. The van der Waals surface area contributed by atoms with Gasteiger partial charge < -0.3 is 21.1 Å². The molecule has 1 saturated heterocycles. The van der Waals surface area contributed by atoms with Crippen molar-refractivity contribution in [2.75, 3.05) is 5.75 Å². The lowest BCUT2D eigenvalue weighted by Gasteiger charge is -2.29. The third kappa shape index (κ3) is 3.76. The molecular weight excluding hydrogens is 270 g/mol. The highest BCUT2D eigenvalue weighted by atomic mass is 32.2. The molecule has 19 heavy (non-hydrogen) atoms. The van der Waals surface area contributed by atoms with Crippen molar-refractivity contribution in [3.05, 3.63) is 0 Å². The summed E-state index contributed by atoms with van der Waals surface area (Å²) in [6.07, 6.45) is 1.58. The second-order valence-corrected chi connectivity index (χ2v) is 5.62. The molecule has 8 heteroatoms. The van der Waals surface area contributed by atoms with E-state index in [0.29, 0.717) is 5.75 Å². The molecule has 1 aliphatic rings.